The fraction of sp³-hybridized carbons (Fsp3) is 0.500. The number of hydrogen-bond acceptors (Lipinski definition) is 11. The molecule has 0 aliphatic carbocycles. The number of carbonyl (C=O) groups is 1. The molecular weight excluding hydrogens is 511 g/mol. The number of hydrogen-bond donors (Lipinski definition) is 4. The molecule has 12 nitrogen and oxygen atoms in total. The number of nitrogens with zero attached hydrogens (tertiary/aromatic N) is 2. The Hall–Kier alpha value is -2.38. The highest BCUT2D eigenvalue weighted by Crippen LogP contribution is 2.47. The summed E-state index contributed by atoms with van der Waals surface area (Å²) in [5.41, 5.74) is 3.84. The van der Waals surface area contributed by atoms with Gasteiger partial charge in [-0.15, -0.1) is 0 Å². The monoisotopic (exact) mass is 542 g/mol. The fourth-order valence-electron chi connectivity index (χ4n) is 3.49. The summed E-state index contributed by atoms with van der Waals surface area (Å²) in [7, 11) is -4.20. The molecule has 1 aliphatic rings. The molecule has 0 radical (unpaired) electrons. The number of aromatic nitrogens is 2. The van der Waals surface area contributed by atoms with Gasteiger partial charge in [-0.2, -0.15) is 5.09 Å². The molecule has 1 fully saturated rings. The van der Waals surface area contributed by atoms with Gasteiger partial charge in [-0.1, -0.05) is 18.2 Å². The van der Waals surface area contributed by atoms with Crippen LogP contribution in [0.2, 0.25) is 0 Å². The minimum absolute atomic E-state index is 0.0336. The zero-order chi connectivity index (χ0) is 26.7. The first-order valence-corrected chi connectivity index (χ1v) is 13.2. The number of benzene rings is 1. The molecule has 1 aromatic heterocycles. The second-order valence-corrected chi connectivity index (χ2v) is 10.8. The summed E-state index contributed by atoms with van der Waals surface area (Å²) in [5, 5.41) is 24.3. The minimum atomic E-state index is -4.20. The highest BCUT2D eigenvalue weighted by molar-refractivity contribution is 7.71. The minimum Gasteiger partial charge on any atom is -0.462 e. The molecule has 0 saturated carbocycles. The van der Waals surface area contributed by atoms with Gasteiger partial charge in [0.15, 0.2) is 6.23 Å². The van der Waals surface area contributed by atoms with Crippen molar-refractivity contribution in [1.82, 2.24) is 14.6 Å². The topological polar surface area (TPSA) is 167 Å². The summed E-state index contributed by atoms with van der Waals surface area (Å²) < 4.78 is 37.2. The van der Waals surface area contributed by atoms with Gasteiger partial charge in [0.05, 0.1) is 12.7 Å². The number of ether oxygens (including phenoxy) is 2. The predicted octanol–water partition coefficient (Wildman–Crippen LogP) is 2.34. The molecule has 2 heterocycles. The molecule has 0 spiro atoms. The molecule has 3 unspecified atom stereocenters. The largest absolute Gasteiger partial charge is 0.462 e. The Morgan fingerprint density at radius 3 is 2.61 bits per heavy atom. The van der Waals surface area contributed by atoms with Crippen LogP contribution in [-0.4, -0.2) is 62.3 Å². The first-order valence-electron chi connectivity index (χ1n) is 11.2. The number of nitrogen functional groups attached to an aromatic ring is 1. The van der Waals surface area contributed by atoms with E-state index in [1.165, 1.54) is 30.7 Å². The average Bonchev–Trinajstić information content (AvgIpc) is 3.01. The van der Waals surface area contributed by atoms with Crippen molar-refractivity contribution in [2.75, 3.05) is 12.3 Å². The molecule has 2 aromatic rings. The fourth-order valence-corrected chi connectivity index (χ4v) is 5.25. The maximum Gasteiger partial charge on any atom is 0.459 e. The Kier molecular flexibility index (Phi) is 8.88. The molecule has 198 valence electrons. The van der Waals surface area contributed by atoms with Crippen molar-refractivity contribution in [1.29, 1.82) is 0 Å². The first-order chi connectivity index (χ1) is 16.8. The second-order valence-electron chi connectivity index (χ2n) is 8.77. The summed E-state index contributed by atoms with van der Waals surface area (Å²) in [4.78, 5) is 16.3. The van der Waals surface area contributed by atoms with Gasteiger partial charge in [0.2, 0.25) is 4.77 Å². The van der Waals surface area contributed by atoms with Crippen molar-refractivity contribution in [3.05, 3.63) is 47.4 Å². The van der Waals surface area contributed by atoms with Crippen LogP contribution in [0.3, 0.4) is 0 Å². The van der Waals surface area contributed by atoms with Crippen molar-refractivity contribution in [2.24, 2.45) is 0 Å². The summed E-state index contributed by atoms with van der Waals surface area (Å²) in [5.74, 6) is -0.254. The summed E-state index contributed by atoms with van der Waals surface area (Å²) in [6.07, 6.45) is -2.64. The number of nitrogens with two attached hydrogens (primary N) is 1. The van der Waals surface area contributed by atoms with Gasteiger partial charge < -0.3 is 29.9 Å². The van der Waals surface area contributed by atoms with E-state index >= 15 is 0 Å². The summed E-state index contributed by atoms with van der Waals surface area (Å²) >= 11 is 5.20. The van der Waals surface area contributed by atoms with Crippen molar-refractivity contribution < 1.29 is 38.1 Å². The van der Waals surface area contributed by atoms with Crippen molar-refractivity contribution >= 4 is 31.8 Å². The van der Waals surface area contributed by atoms with E-state index in [0.29, 0.717) is 0 Å². The molecule has 5 N–H and O–H groups in total. The van der Waals surface area contributed by atoms with Gasteiger partial charge in [-0.05, 0) is 58.1 Å². The Morgan fingerprint density at radius 1 is 1.33 bits per heavy atom. The van der Waals surface area contributed by atoms with Gasteiger partial charge in [0.1, 0.15) is 35.4 Å². The van der Waals surface area contributed by atoms with Crippen LogP contribution in [0.25, 0.3) is 0 Å². The Morgan fingerprint density at radius 2 is 2.00 bits per heavy atom. The van der Waals surface area contributed by atoms with Crippen molar-refractivity contribution in [3.63, 3.8) is 0 Å². The van der Waals surface area contributed by atoms with E-state index in [0.717, 1.165) is 0 Å². The van der Waals surface area contributed by atoms with Crippen molar-refractivity contribution in [3.8, 4) is 5.75 Å². The van der Waals surface area contributed by atoms with Crippen LogP contribution in [0, 0.1) is 4.77 Å². The van der Waals surface area contributed by atoms with Crippen LogP contribution in [-0.2, 0) is 23.4 Å². The average molecular weight is 543 g/mol. The van der Waals surface area contributed by atoms with Gasteiger partial charge in [0.25, 0.3) is 0 Å². The van der Waals surface area contributed by atoms with Gasteiger partial charge >= 0.3 is 13.7 Å². The Labute approximate surface area is 213 Å². The summed E-state index contributed by atoms with van der Waals surface area (Å²) in [6, 6.07) is 8.63. The van der Waals surface area contributed by atoms with Crippen LogP contribution < -0.4 is 15.3 Å². The highest BCUT2D eigenvalue weighted by Gasteiger charge is 2.54. The SMILES string of the molecule is CC(C)OC(=O)[C@H](C)NP(=O)(OCC1O[C@@H](n2ccc(N)nc2=S)C(C)(O)[C@H]1O)Oc1ccccc1. The molecule has 1 aromatic carbocycles. The van der Waals surface area contributed by atoms with Gasteiger partial charge in [-0.3, -0.25) is 13.9 Å². The molecule has 3 rings (SSSR count). The lowest BCUT2D eigenvalue weighted by Gasteiger charge is -2.28. The number of para-hydroxylation sites is 1. The quantitative estimate of drug-likeness (QED) is 0.197. The molecule has 0 amide bonds. The molecule has 14 heteroatoms. The van der Waals surface area contributed by atoms with E-state index in [1.54, 1.807) is 44.2 Å². The van der Waals surface area contributed by atoms with Crippen LogP contribution >= 0.6 is 20.0 Å². The van der Waals surface area contributed by atoms with E-state index in [9.17, 15) is 19.6 Å². The number of aliphatic hydroxyl groups excluding tert-OH is 1. The molecule has 36 heavy (non-hydrogen) atoms. The predicted molar refractivity (Wildman–Crippen MR) is 132 cm³/mol. The second kappa shape index (κ2) is 11.3. The van der Waals surface area contributed by atoms with Gasteiger partial charge in [0, 0.05) is 6.20 Å². The molecule has 0 bridgehead atoms. The lowest BCUT2D eigenvalue weighted by Crippen LogP contribution is -2.44. The number of rotatable bonds is 10. The Bertz CT molecular complexity index is 1160. The van der Waals surface area contributed by atoms with Crippen molar-refractivity contribution in [2.45, 2.75) is 63.9 Å². The molecule has 6 atom stereocenters. The van der Waals surface area contributed by atoms with E-state index in [1.807, 2.05) is 0 Å². The zero-order valence-electron chi connectivity index (χ0n) is 20.3. The highest BCUT2D eigenvalue weighted by atomic mass is 32.1. The Balaban J connectivity index is 1.79. The van der Waals surface area contributed by atoms with E-state index < -0.39 is 50.4 Å². The number of aliphatic hydroxyl groups is 2. The molecular formula is C22H31N4O8PS. The number of esters is 1. The van der Waals surface area contributed by atoms with E-state index in [2.05, 4.69) is 10.1 Å². The molecule has 1 saturated heterocycles. The summed E-state index contributed by atoms with van der Waals surface area (Å²) in [6.45, 7) is 5.72. The number of nitrogens with one attached hydrogen (secondary N) is 1. The van der Waals surface area contributed by atoms with Crippen LogP contribution in [0.1, 0.15) is 33.9 Å². The van der Waals surface area contributed by atoms with E-state index in [4.69, 9.17) is 36.5 Å². The third kappa shape index (κ3) is 6.68. The van der Waals surface area contributed by atoms with Crippen LogP contribution in [0.15, 0.2) is 42.6 Å². The standard InChI is InChI=1S/C22H31N4O8PS/c1-13(2)32-19(28)14(3)25-35(30,34-15-8-6-5-7-9-15)31-12-16-18(27)22(4,29)20(33-16)26-11-10-17(23)24-21(26)36/h5-11,13-14,16,18,20,27,29H,12H2,1-4H3,(H,25,30)(H2,23,24,36)/t14-,16?,18-,20+,22?,35?/m0/s1. The van der Waals surface area contributed by atoms with Crippen LogP contribution in [0.5, 0.6) is 5.75 Å². The maximum atomic E-state index is 13.6. The third-order valence-electron chi connectivity index (χ3n) is 5.29. The lowest BCUT2D eigenvalue weighted by atomic mass is 9.96. The maximum absolute atomic E-state index is 13.6. The third-order valence-corrected chi connectivity index (χ3v) is 7.24. The van der Waals surface area contributed by atoms with Crippen LogP contribution in [0.4, 0.5) is 5.82 Å². The van der Waals surface area contributed by atoms with E-state index in [-0.39, 0.29) is 22.4 Å². The first kappa shape index (κ1) is 28.2. The lowest BCUT2D eigenvalue weighted by molar-refractivity contribution is -0.149. The van der Waals surface area contributed by atoms with Gasteiger partial charge in [-0.25, -0.2) is 9.55 Å². The normalized spacial score (nSPS) is 26.4. The molecule has 1 aliphatic heterocycles. The number of anilines is 1. The number of carbonyl (C=O) groups excluding carboxylic acids is 1. The smallest absolute Gasteiger partial charge is 0.459 e. The zero-order valence-corrected chi connectivity index (χ0v) is 22.0.